The predicted octanol–water partition coefficient (Wildman–Crippen LogP) is 2.00. The molecule has 1 aromatic rings. The number of aromatic nitrogens is 2. The van der Waals surface area contributed by atoms with Crippen LogP contribution in [0.25, 0.3) is 0 Å². The first kappa shape index (κ1) is 17.5. The van der Waals surface area contributed by atoms with Gasteiger partial charge in [-0.25, -0.2) is 8.42 Å². The number of anilines is 1. The predicted molar refractivity (Wildman–Crippen MR) is 96.0 cm³/mol. The Bertz CT molecular complexity index is 818. The highest BCUT2D eigenvalue weighted by atomic mass is 32.2. The fourth-order valence-corrected chi connectivity index (χ4v) is 4.84. The summed E-state index contributed by atoms with van der Waals surface area (Å²) in [5.41, 5.74) is 0. The Hall–Kier alpha value is -1.87. The van der Waals surface area contributed by atoms with Crippen molar-refractivity contribution in [2.45, 2.75) is 38.5 Å². The number of nitrogens with zero attached hydrogens (tertiary/aromatic N) is 4. The molecule has 3 aliphatic rings. The van der Waals surface area contributed by atoms with Gasteiger partial charge in [-0.05, 0) is 38.3 Å². The van der Waals surface area contributed by atoms with Gasteiger partial charge < -0.3 is 14.2 Å². The van der Waals surface area contributed by atoms with Crippen LogP contribution < -0.4 is 4.90 Å². The minimum absolute atomic E-state index is 0.419. The monoisotopic (exact) mass is 380 g/mol. The number of rotatable bonds is 6. The van der Waals surface area contributed by atoms with E-state index in [1.807, 2.05) is 11.8 Å². The second-order valence-corrected chi connectivity index (χ2v) is 8.79. The molecule has 0 spiro atoms. The average Bonchev–Trinajstić information content (AvgIpc) is 3.39. The van der Waals surface area contributed by atoms with Crippen LogP contribution in [0.3, 0.4) is 0 Å². The van der Waals surface area contributed by atoms with E-state index in [1.54, 1.807) is 16.5 Å². The molecular formula is C17H24N4O4S. The highest BCUT2D eigenvalue weighted by Crippen LogP contribution is 2.38. The molecule has 1 saturated carbocycles. The maximum Gasteiger partial charge on any atom is 0.324 e. The summed E-state index contributed by atoms with van der Waals surface area (Å²) in [7, 11) is -3.43. The van der Waals surface area contributed by atoms with Crippen molar-refractivity contribution >= 4 is 16.0 Å². The summed E-state index contributed by atoms with van der Waals surface area (Å²) in [6, 6.07) is 0.505. The Balaban J connectivity index is 1.39. The lowest BCUT2D eigenvalue weighted by Gasteiger charge is -2.33. The molecule has 2 aliphatic carbocycles. The van der Waals surface area contributed by atoms with Crippen LogP contribution in [0.1, 0.15) is 44.3 Å². The molecule has 0 bridgehead atoms. The van der Waals surface area contributed by atoms with Crippen LogP contribution in [0.15, 0.2) is 27.3 Å². The van der Waals surface area contributed by atoms with Crippen molar-refractivity contribution < 1.29 is 17.7 Å². The van der Waals surface area contributed by atoms with Crippen LogP contribution in [-0.2, 0) is 14.8 Å². The third-order valence-electron chi connectivity index (χ3n) is 4.96. The molecule has 0 radical (unpaired) electrons. The van der Waals surface area contributed by atoms with Gasteiger partial charge in [0.15, 0.2) is 5.82 Å². The number of hydrogen-bond acceptors (Lipinski definition) is 7. The zero-order chi connectivity index (χ0) is 18.1. The Kier molecular flexibility index (Phi) is 4.74. The van der Waals surface area contributed by atoms with Crippen LogP contribution in [0.5, 0.6) is 0 Å². The van der Waals surface area contributed by atoms with Gasteiger partial charge in [-0.15, -0.1) is 0 Å². The van der Waals surface area contributed by atoms with Gasteiger partial charge in [0, 0.05) is 38.5 Å². The van der Waals surface area contributed by atoms with Gasteiger partial charge in [0.2, 0.25) is 10.0 Å². The average molecular weight is 380 g/mol. The van der Waals surface area contributed by atoms with Crippen molar-refractivity contribution in [3.8, 4) is 0 Å². The third kappa shape index (κ3) is 3.50. The first-order valence-corrected chi connectivity index (χ1v) is 10.6. The van der Waals surface area contributed by atoms with E-state index in [2.05, 4.69) is 10.1 Å². The zero-order valence-corrected chi connectivity index (χ0v) is 15.7. The summed E-state index contributed by atoms with van der Waals surface area (Å²) in [6.07, 6.45) is 6.82. The van der Waals surface area contributed by atoms with Crippen molar-refractivity contribution in [3.63, 3.8) is 0 Å². The first-order chi connectivity index (χ1) is 12.6. The van der Waals surface area contributed by atoms with E-state index in [0.717, 1.165) is 24.4 Å². The van der Waals surface area contributed by atoms with E-state index in [-0.39, 0.29) is 0 Å². The maximum absolute atomic E-state index is 12.9. The van der Waals surface area contributed by atoms with Gasteiger partial charge in [0.25, 0.3) is 0 Å². The van der Waals surface area contributed by atoms with Crippen LogP contribution in [0.2, 0.25) is 0 Å². The molecule has 2 heterocycles. The Morgan fingerprint density at radius 2 is 1.96 bits per heavy atom. The molecule has 26 heavy (non-hydrogen) atoms. The first-order valence-electron chi connectivity index (χ1n) is 9.19. The quantitative estimate of drug-likeness (QED) is 0.746. The lowest BCUT2D eigenvalue weighted by molar-refractivity contribution is 0.218. The molecule has 1 aromatic heterocycles. The van der Waals surface area contributed by atoms with Crippen molar-refractivity contribution in [2.24, 2.45) is 0 Å². The number of piperazine rings is 1. The Labute approximate surface area is 153 Å². The van der Waals surface area contributed by atoms with E-state index < -0.39 is 10.0 Å². The fraction of sp³-hybridized carbons (Fsp3) is 0.647. The summed E-state index contributed by atoms with van der Waals surface area (Å²) >= 11 is 0. The number of ether oxygens (including phenoxy) is 1. The molecule has 0 amide bonds. The smallest absolute Gasteiger partial charge is 0.324 e. The molecule has 8 nitrogen and oxygen atoms in total. The largest absolute Gasteiger partial charge is 0.498 e. The number of sulfonamides is 1. The third-order valence-corrected chi connectivity index (χ3v) is 7.00. The summed E-state index contributed by atoms with van der Waals surface area (Å²) < 4.78 is 38.1. The lowest BCUT2D eigenvalue weighted by atomic mass is 10.1. The lowest BCUT2D eigenvalue weighted by Crippen LogP contribution is -2.49. The summed E-state index contributed by atoms with van der Waals surface area (Å²) in [5, 5.41) is 4.03. The molecule has 4 rings (SSSR count). The topological polar surface area (TPSA) is 88.8 Å². The molecule has 0 atom stereocenters. The Morgan fingerprint density at radius 3 is 2.58 bits per heavy atom. The van der Waals surface area contributed by atoms with Crippen LogP contribution >= 0.6 is 0 Å². The van der Waals surface area contributed by atoms with Crippen LogP contribution in [0.4, 0.5) is 6.01 Å². The van der Waals surface area contributed by atoms with Crippen molar-refractivity contribution in [1.82, 2.24) is 14.4 Å². The minimum Gasteiger partial charge on any atom is -0.498 e. The minimum atomic E-state index is -3.43. The summed E-state index contributed by atoms with van der Waals surface area (Å²) in [5.74, 6) is 2.07. The fourth-order valence-electron chi connectivity index (χ4n) is 3.27. The molecule has 142 valence electrons. The summed E-state index contributed by atoms with van der Waals surface area (Å²) in [6.45, 7) is 4.47. The normalized spacial score (nSPS) is 22.1. The zero-order valence-electron chi connectivity index (χ0n) is 14.9. The molecule has 0 unspecified atom stereocenters. The SMILES string of the molecule is CCOC1=CC=C(S(=O)(=O)N2CCN(c3nc(C4CC4)no3)CC2)CC1. The van der Waals surface area contributed by atoms with Crippen LogP contribution in [-0.4, -0.2) is 55.6 Å². The van der Waals surface area contributed by atoms with Crippen molar-refractivity contribution in [2.75, 3.05) is 37.7 Å². The van der Waals surface area contributed by atoms with E-state index >= 15 is 0 Å². The second kappa shape index (κ2) is 7.03. The number of hydrogen-bond donors (Lipinski definition) is 0. The second-order valence-electron chi connectivity index (χ2n) is 6.80. The standard InChI is InChI=1S/C17H24N4O4S/c1-2-24-14-5-7-15(8-6-14)26(22,23)21-11-9-20(10-12-21)17-18-16(19-25-17)13-3-4-13/h5,7,13H,2-4,6,8-12H2,1H3. The van der Waals surface area contributed by atoms with Gasteiger partial charge in [-0.1, -0.05) is 5.16 Å². The summed E-state index contributed by atoms with van der Waals surface area (Å²) in [4.78, 5) is 6.87. The molecule has 1 aliphatic heterocycles. The van der Waals surface area contributed by atoms with Gasteiger partial charge >= 0.3 is 6.01 Å². The van der Waals surface area contributed by atoms with Gasteiger partial charge in [-0.3, -0.25) is 0 Å². The molecule has 0 N–H and O–H groups in total. The molecule has 1 saturated heterocycles. The van der Waals surface area contributed by atoms with E-state index in [1.165, 1.54) is 0 Å². The van der Waals surface area contributed by atoms with Gasteiger partial charge in [-0.2, -0.15) is 9.29 Å². The van der Waals surface area contributed by atoms with Crippen LogP contribution in [0, 0.1) is 0 Å². The molecule has 0 aromatic carbocycles. The van der Waals surface area contributed by atoms with Gasteiger partial charge in [0.05, 0.1) is 17.3 Å². The molecule has 9 heteroatoms. The van der Waals surface area contributed by atoms with Crippen molar-refractivity contribution in [1.29, 1.82) is 0 Å². The van der Waals surface area contributed by atoms with E-state index in [0.29, 0.717) is 62.5 Å². The van der Waals surface area contributed by atoms with E-state index in [9.17, 15) is 8.42 Å². The molecular weight excluding hydrogens is 356 g/mol. The number of allylic oxidation sites excluding steroid dienone is 4. The maximum atomic E-state index is 12.9. The Morgan fingerprint density at radius 1 is 1.19 bits per heavy atom. The van der Waals surface area contributed by atoms with E-state index in [4.69, 9.17) is 9.26 Å². The highest BCUT2D eigenvalue weighted by molar-refractivity contribution is 7.93. The molecule has 2 fully saturated rings. The van der Waals surface area contributed by atoms with Crippen molar-refractivity contribution in [3.05, 3.63) is 28.6 Å². The highest BCUT2D eigenvalue weighted by Gasteiger charge is 2.33. The van der Waals surface area contributed by atoms with Gasteiger partial charge in [0.1, 0.15) is 0 Å².